The van der Waals surface area contributed by atoms with E-state index < -0.39 is 0 Å². The number of rotatable bonds is 5. The highest BCUT2D eigenvalue weighted by molar-refractivity contribution is 6.33. The quantitative estimate of drug-likeness (QED) is 0.890. The van der Waals surface area contributed by atoms with Crippen LogP contribution in [0, 0.1) is 0 Å². The normalized spacial score (nSPS) is 12.4. The maximum absolute atomic E-state index is 6.24. The molecule has 100 valence electrons. The number of halogens is 2. The van der Waals surface area contributed by atoms with E-state index in [1.165, 1.54) is 5.56 Å². The molecule has 19 heavy (non-hydrogen) atoms. The SMILES string of the molecule is CNC(CCc1ccncc1)c1cc(Cl)ccc1Cl. The molecule has 2 rings (SSSR count). The van der Waals surface area contributed by atoms with Gasteiger partial charge in [0.1, 0.15) is 0 Å². The van der Waals surface area contributed by atoms with Gasteiger partial charge in [0.05, 0.1) is 0 Å². The fraction of sp³-hybridized carbons (Fsp3) is 0.267. The summed E-state index contributed by atoms with van der Waals surface area (Å²) in [6, 6.07) is 9.84. The summed E-state index contributed by atoms with van der Waals surface area (Å²) in [5.41, 5.74) is 2.32. The summed E-state index contributed by atoms with van der Waals surface area (Å²) >= 11 is 12.3. The number of nitrogens with one attached hydrogen (secondary N) is 1. The number of hydrogen-bond acceptors (Lipinski definition) is 2. The van der Waals surface area contributed by atoms with Gasteiger partial charge in [0, 0.05) is 28.5 Å². The molecule has 0 fully saturated rings. The molecule has 0 aliphatic rings. The average Bonchev–Trinajstić information content (AvgIpc) is 2.44. The first kappa shape index (κ1) is 14.3. The largest absolute Gasteiger partial charge is 0.313 e. The van der Waals surface area contributed by atoms with Gasteiger partial charge >= 0.3 is 0 Å². The lowest BCUT2D eigenvalue weighted by Gasteiger charge is -2.18. The number of benzene rings is 1. The summed E-state index contributed by atoms with van der Waals surface area (Å²) in [6.45, 7) is 0. The van der Waals surface area contributed by atoms with Gasteiger partial charge in [0.2, 0.25) is 0 Å². The van der Waals surface area contributed by atoms with Crippen molar-refractivity contribution in [1.29, 1.82) is 0 Å². The molecule has 0 aliphatic heterocycles. The van der Waals surface area contributed by atoms with Crippen molar-refractivity contribution in [2.75, 3.05) is 7.05 Å². The van der Waals surface area contributed by atoms with Gasteiger partial charge in [-0.25, -0.2) is 0 Å². The highest BCUT2D eigenvalue weighted by atomic mass is 35.5. The molecule has 4 heteroatoms. The molecule has 1 aromatic heterocycles. The minimum Gasteiger partial charge on any atom is -0.313 e. The zero-order chi connectivity index (χ0) is 13.7. The molecule has 0 radical (unpaired) electrons. The van der Waals surface area contributed by atoms with Crippen molar-refractivity contribution in [3.05, 3.63) is 63.9 Å². The maximum atomic E-state index is 6.24. The molecule has 0 saturated carbocycles. The second-order valence-corrected chi connectivity index (χ2v) is 5.24. The molecule has 1 N–H and O–H groups in total. The Labute approximate surface area is 123 Å². The van der Waals surface area contributed by atoms with Crippen molar-refractivity contribution in [2.24, 2.45) is 0 Å². The lowest BCUT2D eigenvalue weighted by atomic mass is 9.99. The minimum atomic E-state index is 0.194. The summed E-state index contributed by atoms with van der Waals surface area (Å²) in [5.74, 6) is 0. The van der Waals surface area contributed by atoms with E-state index in [1.807, 2.05) is 49.8 Å². The van der Waals surface area contributed by atoms with Crippen molar-refractivity contribution in [1.82, 2.24) is 10.3 Å². The van der Waals surface area contributed by atoms with Crippen LogP contribution >= 0.6 is 23.2 Å². The van der Waals surface area contributed by atoms with Gasteiger partial charge in [-0.2, -0.15) is 0 Å². The fourth-order valence-corrected chi connectivity index (χ4v) is 2.53. The van der Waals surface area contributed by atoms with Crippen LogP contribution in [-0.2, 0) is 6.42 Å². The van der Waals surface area contributed by atoms with Crippen LogP contribution in [-0.4, -0.2) is 12.0 Å². The Kier molecular flexibility index (Phi) is 5.20. The molecule has 0 spiro atoms. The van der Waals surface area contributed by atoms with E-state index in [0.29, 0.717) is 5.02 Å². The Morgan fingerprint density at radius 3 is 2.58 bits per heavy atom. The van der Waals surface area contributed by atoms with Crippen molar-refractivity contribution in [2.45, 2.75) is 18.9 Å². The predicted octanol–water partition coefficient (Wildman–Crippen LogP) is 4.28. The zero-order valence-corrected chi connectivity index (χ0v) is 12.2. The fourth-order valence-electron chi connectivity index (χ4n) is 2.10. The third kappa shape index (κ3) is 3.93. The number of aromatic nitrogens is 1. The zero-order valence-electron chi connectivity index (χ0n) is 10.7. The molecular weight excluding hydrogens is 279 g/mol. The highest BCUT2D eigenvalue weighted by Crippen LogP contribution is 2.28. The average molecular weight is 295 g/mol. The molecule has 0 amide bonds. The number of pyridine rings is 1. The molecular formula is C15H16Cl2N2. The number of nitrogens with zero attached hydrogens (tertiary/aromatic N) is 1. The van der Waals surface area contributed by atoms with Crippen LogP contribution in [0.3, 0.4) is 0 Å². The van der Waals surface area contributed by atoms with Gasteiger partial charge in [-0.1, -0.05) is 23.2 Å². The van der Waals surface area contributed by atoms with E-state index in [4.69, 9.17) is 23.2 Å². The Balaban J connectivity index is 2.10. The van der Waals surface area contributed by atoms with Crippen LogP contribution in [0.1, 0.15) is 23.6 Å². The lowest BCUT2D eigenvalue weighted by Crippen LogP contribution is -2.17. The van der Waals surface area contributed by atoms with E-state index in [2.05, 4.69) is 10.3 Å². The van der Waals surface area contributed by atoms with Crippen molar-refractivity contribution in [3.63, 3.8) is 0 Å². The van der Waals surface area contributed by atoms with Gasteiger partial charge in [0.25, 0.3) is 0 Å². The molecule has 1 heterocycles. The smallest absolute Gasteiger partial charge is 0.0454 e. The van der Waals surface area contributed by atoms with E-state index >= 15 is 0 Å². The van der Waals surface area contributed by atoms with Gasteiger partial charge < -0.3 is 5.32 Å². The molecule has 1 unspecified atom stereocenters. The second kappa shape index (κ2) is 6.90. The summed E-state index contributed by atoms with van der Waals surface area (Å²) in [4.78, 5) is 4.02. The molecule has 0 saturated heterocycles. The monoisotopic (exact) mass is 294 g/mol. The van der Waals surface area contributed by atoms with Crippen LogP contribution in [0.15, 0.2) is 42.7 Å². The molecule has 0 aliphatic carbocycles. The van der Waals surface area contributed by atoms with E-state index in [-0.39, 0.29) is 6.04 Å². The first-order valence-corrected chi connectivity index (χ1v) is 6.97. The van der Waals surface area contributed by atoms with Gasteiger partial charge in [-0.3, -0.25) is 4.98 Å². The summed E-state index contributed by atoms with van der Waals surface area (Å²) < 4.78 is 0. The summed E-state index contributed by atoms with van der Waals surface area (Å²) in [6.07, 6.45) is 5.56. The Morgan fingerprint density at radius 1 is 1.16 bits per heavy atom. The Bertz CT molecular complexity index is 529. The molecule has 0 bridgehead atoms. The number of aryl methyl sites for hydroxylation is 1. The van der Waals surface area contributed by atoms with Crippen LogP contribution in [0.5, 0.6) is 0 Å². The first-order chi connectivity index (χ1) is 9.20. The molecule has 1 aromatic carbocycles. The second-order valence-electron chi connectivity index (χ2n) is 4.40. The Hall–Kier alpha value is -1.09. The first-order valence-electron chi connectivity index (χ1n) is 6.22. The van der Waals surface area contributed by atoms with Gasteiger partial charge in [-0.15, -0.1) is 0 Å². The Morgan fingerprint density at radius 2 is 1.89 bits per heavy atom. The third-order valence-corrected chi connectivity index (χ3v) is 3.73. The van der Waals surface area contributed by atoms with Crippen LogP contribution in [0.4, 0.5) is 0 Å². The van der Waals surface area contributed by atoms with E-state index in [0.717, 1.165) is 23.4 Å². The van der Waals surface area contributed by atoms with E-state index in [1.54, 1.807) is 0 Å². The van der Waals surface area contributed by atoms with Crippen LogP contribution in [0.25, 0.3) is 0 Å². The maximum Gasteiger partial charge on any atom is 0.0454 e. The van der Waals surface area contributed by atoms with Gasteiger partial charge in [-0.05, 0) is 61.3 Å². The van der Waals surface area contributed by atoms with Crippen molar-refractivity contribution < 1.29 is 0 Å². The lowest BCUT2D eigenvalue weighted by molar-refractivity contribution is 0.549. The van der Waals surface area contributed by atoms with Gasteiger partial charge in [0.15, 0.2) is 0 Å². The van der Waals surface area contributed by atoms with Crippen molar-refractivity contribution in [3.8, 4) is 0 Å². The number of hydrogen-bond donors (Lipinski definition) is 1. The minimum absolute atomic E-state index is 0.194. The highest BCUT2D eigenvalue weighted by Gasteiger charge is 2.13. The molecule has 2 nitrogen and oxygen atoms in total. The van der Waals surface area contributed by atoms with Crippen LogP contribution < -0.4 is 5.32 Å². The molecule has 2 aromatic rings. The topological polar surface area (TPSA) is 24.9 Å². The molecule has 1 atom stereocenters. The third-order valence-electron chi connectivity index (χ3n) is 3.15. The van der Waals surface area contributed by atoms with Crippen molar-refractivity contribution >= 4 is 23.2 Å². The summed E-state index contributed by atoms with van der Waals surface area (Å²) in [7, 11) is 1.94. The predicted molar refractivity (Wildman–Crippen MR) is 80.8 cm³/mol. The van der Waals surface area contributed by atoms with E-state index in [9.17, 15) is 0 Å². The summed E-state index contributed by atoms with van der Waals surface area (Å²) in [5, 5.41) is 4.76. The standard InChI is InChI=1S/C15H16Cl2N2/c1-18-15(5-2-11-6-8-19-9-7-11)13-10-12(16)3-4-14(13)17/h3-4,6-10,15,18H,2,5H2,1H3. The van der Waals surface area contributed by atoms with Crippen LogP contribution in [0.2, 0.25) is 10.0 Å².